The van der Waals surface area contributed by atoms with E-state index in [1.165, 1.54) is 12.1 Å². The van der Waals surface area contributed by atoms with E-state index in [9.17, 15) is 4.39 Å². The van der Waals surface area contributed by atoms with Crippen LogP contribution in [0.1, 0.15) is 5.56 Å². The van der Waals surface area contributed by atoms with Gasteiger partial charge in [0.2, 0.25) is 0 Å². The number of H-pyrrole nitrogens is 1. The number of imidazole rings is 1. The second kappa shape index (κ2) is 6.69. The van der Waals surface area contributed by atoms with Gasteiger partial charge in [-0.25, -0.2) is 9.37 Å². The highest BCUT2D eigenvalue weighted by Gasteiger charge is 2.12. The van der Waals surface area contributed by atoms with E-state index in [1.54, 1.807) is 12.1 Å². The van der Waals surface area contributed by atoms with Gasteiger partial charge in [-0.05, 0) is 48.0 Å². The number of ether oxygens (including phenoxy) is 1. The summed E-state index contributed by atoms with van der Waals surface area (Å²) in [7, 11) is 0. The minimum absolute atomic E-state index is 0.254. The van der Waals surface area contributed by atoms with Crippen LogP contribution < -0.4 is 4.74 Å². The van der Waals surface area contributed by atoms with Crippen LogP contribution >= 0.6 is 15.9 Å². The molecule has 4 rings (SSSR count). The summed E-state index contributed by atoms with van der Waals surface area (Å²) in [5.74, 6) is 1.21. The number of benzene rings is 3. The normalized spacial score (nSPS) is 11.0. The summed E-state index contributed by atoms with van der Waals surface area (Å²) in [4.78, 5) is 7.97. The van der Waals surface area contributed by atoms with Crippen molar-refractivity contribution in [2.45, 2.75) is 6.61 Å². The molecule has 0 radical (unpaired) electrons. The number of rotatable bonds is 4. The Morgan fingerprint density at radius 1 is 1.00 bits per heavy atom. The molecule has 0 aliphatic rings. The molecular formula is C20H14BrFN2O. The highest BCUT2D eigenvalue weighted by Crippen LogP contribution is 2.32. The zero-order chi connectivity index (χ0) is 17.2. The predicted molar refractivity (Wildman–Crippen MR) is 100.0 cm³/mol. The lowest BCUT2D eigenvalue weighted by atomic mass is 10.2. The summed E-state index contributed by atoms with van der Waals surface area (Å²) in [6.07, 6.45) is 0. The van der Waals surface area contributed by atoms with Gasteiger partial charge in [0.25, 0.3) is 0 Å². The number of para-hydroxylation sites is 2. The Balaban J connectivity index is 1.67. The number of hydrogen-bond donors (Lipinski definition) is 1. The van der Waals surface area contributed by atoms with Crippen molar-refractivity contribution in [3.05, 3.63) is 82.6 Å². The third-order valence-corrected chi connectivity index (χ3v) is 4.39. The first-order valence-electron chi connectivity index (χ1n) is 7.81. The summed E-state index contributed by atoms with van der Waals surface area (Å²) < 4.78 is 19.9. The molecule has 25 heavy (non-hydrogen) atoms. The molecule has 1 N–H and O–H groups in total. The first-order chi connectivity index (χ1) is 12.2. The van der Waals surface area contributed by atoms with Crippen molar-refractivity contribution in [3.63, 3.8) is 0 Å². The molecule has 0 unspecified atom stereocenters. The fourth-order valence-corrected chi connectivity index (χ4v) is 3.00. The van der Waals surface area contributed by atoms with Gasteiger partial charge in [0.15, 0.2) is 0 Å². The molecule has 124 valence electrons. The van der Waals surface area contributed by atoms with E-state index < -0.39 is 0 Å². The Kier molecular flexibility index (Phi) is 4.24. The minimum Gasteiger partial charge on any atom is -0.488 e. The number of hydrogen-bond acceptors (Lipinski definition) is 2. The molecule has 5 heteroatoms. The van der Waals surface area contributed by atoms with Crippen LogP contribution in [-0.2, 0) is 6.61 Å². The average molecular weight is 397 g/mol. The van der Waals surface area contributed by atoms with Crippen LogP contribution in [0.3, 0.4) is 0 Å². The second-order valence-corrected chi connectivity index (χ2v) is 6.57. The van der Waals surface area contributed by atoms with Gasteiger partial charge in [-0.3, -0.25) is 0 Å². The summed E-state index contributed by atoms with van der Waals surface area (Å²) >= 11 is 3.50. The Morgan fingerprint density at radius 2 is 1.80 bits per heavy atom. The van der Waals surface area contributed by atoms with Crippen molar-refractivity contribution in [1.29, 1.82) is 0 Å². The molecule has 0 aliphatic heterocycles. The van der Waals surface area contributed by atoms with E-state index in [0.29, 0.717) is 12.4 Å². The quantitative estimate of drug-likeness (QED) is 0.479. The standard InChI is InChI=1S/C20H14BrFN2O/c21-14-7-10-19(25-12-13-5-8-15(22)9-6-13)16(11-14)20-23-17-3-1-2-4-18(17)24-20/h1-11H,12H2,(H,23,24). The molecule has 0 bridgehead atoms. The van der Waals surface area contributed by atoms with Gasteiger partial charge in [0.05, 0.1) is 16.6 Å². The van der Waals surface area contributed by atoms with Crippen LogP contribution in [0, 0.1) is 5.82 Å². The molecule has 1 heterocycles. The Labute approximate surface area is 152 Å². The smallest absolute Gasteiger partial charge is 0.142 e. The van der Waals surface area contributed by atoms with Crippen LogP contribution in [0.4, 0.5) is 4.39 Å². The van der Waals surface area contributed by atoms with Gasteiger partial charge < -0.3 is 9.72 Å². The molecule has 0 saturated carbocycles. The lowest BCUT2D eigenvalue weighted by molar-refractivity contribution is 0.307. The molecule has 3 nitrogen and oxygen atoms in total. The summed E-state index contributed by atoms with van der Waals surface area (Å²) in [5, 5.41) is 0. The van der Waals surface area contributed by atoms with Gasteiger partial charge in [-0.2, -0.15) is 0 Å². The first kappa shape index (κ1) is 15.8. The van der Waals surface area contributed by atoms with E-state index >= 15 is 0 Å². The zero-order valence-electron chi connectivity index (χ0n) is 13.2. The second-order valence-electron chi connectivity index (χ2n) is 5.66. The molecule has 0 amide bonds. The average Bonchev–Trinajstić information content (AvgIpc) is 3.06. The Hall–Kier alpha value is -2.66. The lowest BCUT2D eigenvalue weighted by Gasteiger charge is -2.11. The van der Waals surface area contributed by atoms with E-state index in [4.69, 9.17) is 4.74 Å². The Bertz CT molecular complexity index is 994. The highest BCUT2D eigenvalue weighted by atomic mass is 79.9. The molecule has 0 saturated heterocycles. The number of fused-ring (bicyclic) bond motifs is 1. The minimum atomic E-state index is -0.254. The maximum absolute atomic E-state index is 13.0. The van der Waals surface area contributed by atoms with E-state index in [-0.39, 0.29) is 5.82 Å². The zero-order valence-corrected chi connectivity index (χ0v) is 14.8. The summed E-state index contributed by atoms with van der Waals surface area (Å²) in [5.41, 5.74) is 3.65. The molecule has 0 spiro atoms. The molecule has 0 atom stereocenters. The van der Waals surface area contributed by atoms with Crippen molar-refractivity contribution in [3.8, 4) is 17.1 Å². The van der Waals surface area contributed by atoms with Crippen molar-refractivity contribution < 1.29 is 9.13 Å². The molecular weight excluding hydrogens is 383 g/mol. The topological polar surface area (TPSA) is 37.9 Å². The number of nitrogens with zero attached hydrogens (tertiary/aromatic N) is 1. The third-order valence-electron chi connectivity index (χ3n) is 3.89. The first-order valence-corrected chi connectivity index (χ1v) is 8.60. The molecule has 1 aromatic heterocycles. The van der Waals surface area contributed by atoms with Crippen molar-refractivity contribution in [2.75, 3.05) is 0 Å². The van der Waals surface area contributed by atoms with E-state index in [2.05, 4.69) is 25.9 Å². The number of nitrogens with one attached hydrogen (secondary N) is 1. The maximum atomic E-state index is 13.0. The summed E-state index contributed by atoms with van der Waals surface area (Å²) in [6.45, 7) is 0.356. The van der Waals surface area contributed by atoms with Gasteiger partial charge in [-0.1, -0.05) is 40.2 Å². The Morgan fingerprint density at radius 3 is 2.60 bits per heavy atom. The predicted octanol–water partition coefficient (Wildman–Crippen LogP) is 5.71. The van der Waals surface area contributed by atoms with Crippen molar-refractivity contribution in [2.24, 2.45) is 0 Å². The fourth-order valence-electron chi connectivity index (χ4n) is 2.64. The SMILES string of the molecule is Fc1ccc(COc2ccc(Br)cc2-c2nc3ccccc3[nH]2)cc1. The third kappa shape index (κ3) is 3.42. The largest absolute Gasteiger partial charge is 0.488 e. The number of aromatic nitrogens is 2. The van der Waals surface area contributed by atoms with Gasteiger partial charge in [0, 0.05) is 4.47 Å². The van der Waals surface area contributed by atoms with E-state index in [1.807, 2.05) is 42.5 Å². The van der Waals surface area contributed by atoms with Crippen LogP contribution in [-0.4, -0.2) is 9.97 Å². The number of halogens is 2. The molecule has 0 aliphatic carbocycles. The van der Waals surface area contributed by atoms with Crippen molar-refractivity contribution >= 4 is 27.0 Å². The van der Waals surface area contributed by atoms with Gasteiger partial charge in [-0.15, -0.1) is 0 Å². The van der Waals surface area contributed by atoms with Crippen LogP contribution in [0.5, 0.6) is 5.75 Å². The monoisotopic (exact) mass is 396 g/mol. The van der Waals surface area contributed by atoms with Gasteiger partial charge in [0.1, 0.15) is 24.0 Å². The van der Waals surface area contributed by atoms with Crippen LogP contribution in [0.25, 0.3) is 22.4 Å². The maximum Gasteiger partial charge on any atom is 0.142 e. The molecule has 4 aromatic rings. The van der Waals surface area contributed by atoms with E-state index in [0.717, 1.165) is 32.5 Å². The number of aromatic amines is 1. The molecule has 0 fully saturated rings. The lowest BCUT2D eigenvalue weighted by Crippen LogP contribution is -1.97. The van der Waals surface area contributed by atoms with Crippen molar-refractivity contribution in [1.82, 2.24) is 9.97 Å². The fraction of sp³-hybridized carbons (Fsp3) is 0.0500. The van der Waals surface area contributed by atoms with Gasteiger partial charge >= 0.3 is 0 Å². The molecule has 3 aromatic carbocycles. The van der Waals surface area contributed by atoms with Crippen LogP contribution in [0.2, 0.25) is 0 Å². The summed E-state index contributed by atoms with van der Waals surface area (Å²) in [6, 6.07) is 20.0. The highest BCUT2D eigenvalue weighted by molar-refractivity contribution is 9.10. The van der Waals surface area contributed by atoms with Crippen LogP contribution in [0.15, 0.2) is 71.2 Å².